The van der Waals surface area contributed by atoms with Crippen LogP contribution in [0.1, 0.15) is 68.9 Å². The Labute approximate surface area is 303 Å². The van der Waals surface area contributed by atoms with E-state index in [0.29, 0.717) is 23.3 Å². The number of carbonyl (C=O) groups excluding carboxylic acids is 4. The number of benzene rings is 2. The Kier molecular flexibility index (Phi) is 8.90. The van der Waals surface area contributed by atoms with Crippen molar-refractivity contribution in [2.75, 3.05) is 26.7 Å². The van der Waals surface area contributed by atoms with E-state index in [4.69, 9.17) is 11.6 Å². The van der Waals surface area contributed by atoms with Crippen molar-refractivity contribution in [3.05, 3.63) is 70.9 Å². The van der Waals surface area contributed by atoms with Gasteiger partial charge in [-0.3, -0.25) is 19.2 Å². The van der Waals surface area contributed by atoms with Gasteiger partial charge in [0.25, 0.3) is 0 Å². The third-order valence-corrected chi connectivity index (χ3v) is 13.0. The Balaban J connectivity index is 1.05. The van der Waals surface area contributed by atoms with Crippen LogP contribution in [0.2, 0.25) is 5.02 Å². The third-order valence-electron chi connectivity index (χ3n) is 12.7. The average Bonchev–Trinajstić information content (AvgIpc) is 3.88. The number of aromatic nitrogens is 1. The first-order valence-corrected chi connectivity index (χ1v) is 19.0. The fourth-order valence-corrected chi connectivity index (χ4v) is 11.0. The molecule has 9 rings (SSSR count). The van der Waals surface area contributed by atoms with Crippen molar-refractivity contribution in [2.45, 2.75) is 88.9 Å². The molecule has 0 spiro atoms. The predicted octanol–water partition coefficient (Wildman–Crippen LogP) is 4.68. The summed E-state index contributed by atoms with van der Waals surface area (Å²) in [5.41, 5.74) is 1.39. The molecule has 4 bridgehead atoms. The number of amides is 4. The van der Waals surface area contributed by atoms with Crippen LogP contribution in [0.15, 0.2) is 54.7 Å². The highest BCUT2D eigenvalue weighted by molar-refractivity contribution is 6.31. The van der Waals surface area contributed by atoms with Crippen LogP contribution in [-0.2, 0) is 32.1 Å². The summed E-state index contributed by atoms with van der Waals surface area (Å²) >= 11 is 6.44. The SMILES string of the molecule is CN(Cc1ccccc1Cl)C(=O)C(Cc1c[nH]c2ccccc12)NC(=O)C1C[C@@H](O)CN1C(=O)C12CC3CC(CC(C(=O)N4CCCC4)(C3)C1)C2. The molecule has 4 aliphatic carbocycles. The predicted molar refractivity (Wildman–Crippen MR) is 193 cm³/mol. The number of hydrogen-bond donors (Lipinski definition) is 3. The number of nitrogens with zero attached hydrogens (tertiary/aromatic N) is 3. The fourth-order valence-electron chi connectivity index (χ4n) is 10.8. The standard InChI is InChI=1S/C40H48ClN5O5/c1-44(22-27-8-2-4-10-31(27)41)36(49)33(15-28-21-42-32-11-5-3-9-30(28)32)43-35(48)34-16-29(47)23-46(34)38(51)40-19-25-14-26(20-40)18-39(17-25,24-40)37(50)45-12-6-7-13-45/h2-5,8-11,21,25-26,29,33-34,42,47H,6-7,12-20,22-24H2,1H3,(H,43,48)/t25?,26?,29-,33?,34?,39?,40?/m1/s1. The molecule has 6 aliphatic rings. The van der Waals surface area contributed by atoms with E-state index in [1.807, 2.05) is 53.6 Å². The minimum absolute atomic E-state index is 0.0640. The van der Waals surface area contributed by atoms with E-state index in [0.717, 1.165) is 80.1 Å². The van der Waals surface area contributed by atoms with Crippen molar-refractivity contribution >= 4 is 46.1 Å². The number of carbonyl (C=O) groups is 4. The molecule has 4 amide bonds. The molecule has 4 unspecified atom stereocenters. The highest BCUT2D eigenvalue weighted by Gasteiger charge is 2.65. The van der Waals surface area contributed by atoms with E-state index in [9.17, 15) is 24.3 Å². The monoisotopic (exact) mass is 713 g/mol. The molecule has 6 fully saturated rings. The van der Waals surface area contributed by atoms with Crippen LogP contribution in [0.3, 0.4) is 0 Å². The van der Waals surface area contributed by atoms with Crippen molar-refractivity contribution in [2.24, 2.45) is 22.7 Å². The average molecular weight is 714 g/mol. The molecule has 0 radical (unpaired) electrons. The lowest BCUT2D eigenvalue weighted by Crippen LogP contribution is -2.63. The zero-order chi connectivity index (χ0) is 35.5. The minimum Gasteiger partial charge on any atom is -0.391 e. The molecule has 270 valence electrons. The van der Waals surface area contributed by atoms with Crippen LogP contribution in [0, 0.1) is 22.7 Å². The number of fused-ring (bicyclic) bond motifs is 1. The number of rotatable bonds is 9. The largest absolute Gasteiger partial charge is 0.391 e. The first-order chi connectivity index (χ1) is 24.5. The van der Waals surface area contributed by atoms with Crippen LogP contribution in [0.4, 0.5) is 0 Å². The maximum absolute atomic E-state index is 14.8. The molecule has 3 N–H and O–H groups in total. The molecule has 4 saturated carbocycles. The number of likely N-dealkylation sites (tertiary alicyclic amines) is 2. The quantitative estimate of drug-likeness (QED) is 0.297. The second-order valence-electron chi connectivity index (χ2n) is 16.3. The molecular weight excluding hydrogens is 666 g/mol. The third kappa shape index (κ3) is 6.22. The molecule has 1 aromatic heterocycles. The van der Waals surface area contributed by atoms with Gasteiger partial charge in [0.2, 0.25) is 23.6 Å². The molecule has 2 saturated heterocycles. The van der Waals surface area contributed by atoms with Gasteiger partial charge in [0.05, 0.1) is 16.9 Å². The summed E-state index contributed by atoms with van der Waals surface area (Å²) in [7, 11) is 1.70. The molecule has 3 aromatic rings. The van der Waals surface area contributed by atoms with Gasteiger partial charge in [-0.25, -0.2) is 0 Å². The van der Waals surface area contributed by atoms with Gasteiger partial charge in [-0.2, -0.15) is 0 Å². The van der Waals surface area contributed by atoms with E-state index in [2.05, 4.69) is 10.3 Å². The number of H-pyrrole nitrogens is 1. The van der Waals surface area contributed by atoms with E-state index in [1.54, 1.807) is 22.9 Å². The Hall–Kier alpha value is -3.89. The second kappa shape index (κ2) is 13.3. The molecule has 11 heteroatoms. The van der Waals surface area contributed by atoms with Gasteiger partial charge in [-0.15, -0.1) is 0 Å². The zero-order valence-corrected chi connectivity index (χ0v) is 30.0. The molecule has 2 aliphatic heterocycles. The number of aromatic amines is 1. The van der Waals surface area contributed by atoms with Gasteiger partial charge in [0, 0.05) is 68.2 Å². The summed E-state index contributed by atoms with van der Waals surface area (Å²) in [6.07, 6.45) is 8.13. The Morgan fingerprint density at radius 2 is 1.61 bits per heavy atom. The number of aliphatic hydroxyl groups excluding tert-OH is 1. The van der Waals surface area contributed by atoms with E-state index in [1.165, 1.54) is 0 Å². The lowest BCUT2D eigenvalue weighted by atomic mass is 9.43. The van der Waals surface area contributed by atoms with Crippen molar-refractivity contribution in [1.29, 1.82) is 0 Å². The summed E-state index contributed by atoms with van der Waals surface area (Å²) in [6.45, 7) is 1.91. The van der Waals surface area contributed by atoms with Crippen LogP contribution < -0.4 is 5.32 Å². The number of nitrogens with one attached hydrogen (secondary N) is 2. The van der Waals surface area contributed by atoms with Crippen LogP contribution in [-0.4, -0.2) is 93.3 Å². The molecular formula is C40H48ClN5O5. The summed E-state index contributed by atoms with van der Waals surface area (Å²) in [4.78, 5) is 65.8. The van der Waals surface area contributed by atoms with E-state index in [-0.39, 0.29) is 43.7 Å². The van der Waals surface area contributed by atoms with Gasteiger partial charge >= 0.3 is 0 Å². The van der Waals surface area contributed by atoms with Gasteiger partial charge in [0.1, 0.15) is 12.1 Å². The number of para-hydroxylation sites is 1. The van der Waals surface area contributed by atoms with E-state index < -0.39 is 34.9 Å². The normalized spacial score (nSPS) is 30.2. The van der Waals surface area contributed by atoms with Crippen molar-refractivity contribution in [3.8, 4) is 0 Å². The fraction of sp³-hybridized carbons (Fsp3) is 0.550. The maximum Gasteiger partial charge on any atom is 0.245 e. The van der Waals surface area contributed by atoms with Gasteiger partial charge in [0.15, 0.2) is 0 Å². The molecule has 5 atom stereocenters. The summed E-state index contributed by atoms with van der Waals surface area (Å²) in [5.74, 6) is 0.0100. The Morgan fingerprint density at radius 3 is 2.33 bits per heavy atom. The number of halogens is 1. The number of likely N-dealkylation sites (N-methyl/N-ethyl adjacent to an activating group) is 1. The topological polar surface area (TPSA) is 126 Å². The highest BCUT2D eigenvalue weighted by Crippen LogP contribution is 2.66. The Bertz CT molecular complexity index is 1840. The minimum atomic E-state index is -0.931. The first kappa shape index (κ1) is 34.2. The first-order valence-electron chi connectivity index (χ1n) is 18.7. The summed E-state index contributed by atoms with van der Waals surface area (Å²) in [6, 6.07) is 13.3. The summed E-state index contributed by atoms with van der Waals surface area (Å²) in [5, 5.41) is 15.5. The van der Waals surface area contributed by atoms with Crippen LogP contribution in [0.5, 0.6) is 0 Å². The van der Waals surface area contributed by atoms with E-state index >= 15 is 0 Å². The van der Waals surface area contributed by atoms with Crippen LogP contribution in [0.25, 0.3) is 10.9 Å². The smallest absolute Gasteiger partial charge is 0.245 e. The number of aliphatic hydroxyl groups is 1. The molecule has 51 heavy (non-hydrogen) atoms. The van der Waals surface area contributed by atoms with Gasteiger partial charge in [-0.05, 0) is 86.5 Å². The van der Waals surface area contributed by atoms with Crippen LogP contribution >= 0.6 is 11.6 Å². The molecule has 3 heterocycles. The second-order valence-corrected chi connectivity index (χ2v) is 16.7. The van der Waals surface area contributed by atoms with Gasteiger partial charge in [-0.1, -0.05) is 48.0 Å². The van der Waals surface area contributed by atoms with Crippen molar-refractivity contribution in [3.63, 3.8) is 0 Å². The Morgan fingerprint density at radius 1 is 0.941 bits per heavy atom. The van der Waals surface area contributed by atoms with Crippen molar-refractivity contribution < 1.29 is 24.3 Å². The molecule has 2 aromatic carbocycles. The lowest BCUT2D eigenvalue weighted by Gasteiger charge is -2.61. The lowest BCUT2D eigenvalue weighted by molar-refractivity contribution is -0.180. The molecule has 10 nitrogen and oxygen atoms in total. The maximum atomic E-state index is 14.8. The number of hydrogen-bond acceptors (Lipinski definition) is 5. The summed E-state index contributed by atoms with van der Waals surface area (Å²) < 4.78 is 0. The zero-order valence-electron chi connectivity index (χ0n) is 29.3. The number of β-amino-alcohol motifs (C(OH)–C–C–N with tert-alkyl or cyclic N) is 1. The van der Waals surface area contributed by atoms with Crippen molar-refractivity contribution in [1.82, 2.24) is 25.0 Å². The highest BCUT2D eigenvalue weighted by atomic mass is 35.5. The van der Waals surface area contributed by atoms with Gasteiger partial charge < -0.3 is 30.1 Å².